The molecule has 8 heteroatoms. The number of fused-ring (bicyclic) bond motifs is 1. The van der Waals surface area contributed by atoms with E-state index in [9.17, 15) is 0 Å². The van der Waals surface area contributed by atoms with E-state index >= 15 is 0 Å². The lowest BCUT2D eigenvalue weighted by molar-refractivity contribution is 0.475. The molecule has 0 atom stereocenters. The average Bonchev–Trinajstić information content (AvgIpc) is 4.06. The normalized spacial score (nSPS) is 12.2. The van der Waals surface area contributed by atoms with Gasteiger partial charge in [0.15, 0.2) is 17.5 Å². The summed E-state index contributed by atoms with van der Waals surface area (Å²) in [6.45, 7) is 31.7. The highest BCUT2D eigenvalue weighted by Crippen LogP contribution is 2.43. The summed E-state index contributed by atoms with van der Waals surface area (Å²) in [7, 11) is 0. The third-order valence-electron chi connectivity index (χ3n) is 14.7. The maximum atomic E-state index is 7.22. The van der Waals surface area contributed by atoms with Crippen LogP contribution in [-0.4, -0.2) is 34.1 Å². The molecule has 0 saturated heterocycles. The summed E-state index contributed by atoms with van der Waals surface area (Å²) >= 11 is 0. The molecule has 0 bridgehead atoms. The van der Waals surface area contributed by atoms with Gasteiger partial charge in [-0.25, -0.2) is 24.9 Å². The molecule has 3 aromatic heterocycles. The molecule has 0 spiro atoms. The van der Waals surface area contributed by atoms with Crippen molar-refractivity contribution in [3.63, 3.8) is 0 Å². The van der Waals surface area contributed by atoms with Crippen LogP contribution in [0.25, 0.3) is 79.3 Å². The molecule has 0 aliphatic heterocycles. The van der Waals surface area contributed by atoms with E-state index in [2.05, 4.69) is 228 Å². The molecule has 10 rings (SSSR count). The van der Waals surface area contributed by atoms with Gasteiger partial charge in [-0.05, 0) is 129 Å². The van der Waals surface area contributed by atoms with Crippen LogP contribution in [0.3, 0.4) is 0 Å². The summed E-state index contributed by atoms with van der Waals surface area (Å²) in [6, 6.07) is 53.4. The number of aromatic nitrogens is 7. The second kappa shape index (κ2) is 20.9. The summed E-state index contributed by atoms with van der Waals surface area (Å²) in [6.07, 6.45) is 4.02. The van der Waals surface area contributed by atoms with Crippen LogP contribution < -0.4 is 4.74 Å². The van der Waals surface area contributed by atoms with Gasteiger partial charge >= 0.3 is 0 Å². The van der Waals surface area contributed by atoms with E-state index in [1.807, 2.05) is 42.6 Å². The smallest absolute Gasteiger partial charge is 0.164 e. The second-order valence-corrected chi connectivity index (χ2v) is 23.9. The van der Waals surface area contributed by atoms with Crippen LogP contribution in [0.5, 0.6) is 11.5 Å². The number of nitrogens with zero attached hydrogens (tertiary/aromatic N) is 7. The van der Waals surface area contributed by atoms with E-state index in [0.29, 0.717) is 29.3 Å². The van der Waals surface area contributed by atoms with Crippen LogP contribution in [0.15, 0.2) is 164 Å². The van der Waals surface area contributed by atoms with Crippen molar-refractivity contribution in [2.24, 2.45) is 0 Å². The molecule has 0 radical (unpaired) electrons. The Morgan fingerprint density at radius 2 is 0.857 bits per heavy atom. The summed E-state index contributed by atoms with van der Waals surface area (Å²) < 4.78 is 11.9. The van der Waals surface area contributed by atoms with Gasteiger partial charge in [-0.1, -0.05) is 188 Å². The first-order valence-corrected chi connectivity index (χ1v) is 27.4. The minimum absolute atomic E-state index is 0.148. The largest absolute Gasteiger partial charge is 0.457 e. The number of benzene rings is 7. The maximum absolute atomic E-state index is 7.22. The van der Waals surface area contributed by atoms with E-state index in [1.165, 1.54) is 27.9 Å². The van der Waals surface area contributed by atoms with E-state index in [-0.39, 0.29) is 22.7 Å². The topological polar surface area (TPSA) is 83.5 Å². The van der Waals surface area contributed by atoms with Crippen LogP contribution >= 0.6 is 0 Å². The molecule has 0 aliphatic rings. The summed E-state index contributed by atoms with van der Waals surface area (Å²) in [4.78, 5) is 25.9. The zero-order valence-electron chi connectivity index (χ0n) is 47.4. The fraction of sp³-hybridized carbons (Fsp3) is 0.290. The molecular formula is C69H73N7O. The fourth-order valence-electron chi connectivity index (χ4n) is 10.4. The van der Waals surface area contributed by atoms with Crippen LogP contribution in [0.4, 0.5) is 0 Å². The van der Waals surface area contributed by atoms with Gasteiger partial charge in [-0.2, -0.15) is 0 Å². The van der Waals surface area contributed by atoms with Gasteiger partial charge in [-0.15, -0.1) is 0 Å². The molecule has 77 heavy (non-hydrogen) atoms. The first kappa shape index (κ1) is 52.5. The van der Waals surface area contributed by atoms with E-state index in [4.69, 9.17) is 29.7 Å². The summed E-state index contributed by atoms with van der Waals surface area (Å²) in [5, 5.41) is 0. The third kappa shape index (κ3) is 10.6. The van der Waals surface area contributed by atoms with Gasteiger partial charge in [-0.3, -0.25) is 9.13 Å². The number of hydrogen-bond donors (Lipinski definition) is 0. The molecule has 0 unspecified atom stereocenters. The number of para-hydroxylation sites is 3. The lowest BCUT2D eigenvalue weighted by Crippen LogP contribution is -2.13. The Morgan fingerprint density at radius 3 is 1.34 bits per heavy atom. The number of ether oxygens (including phenoxy) is 1. The van der Waals surface area contributed by atoms with Crippen molar-refractivity contribution in [1.82, 2.24) is 34.1 Å². The Labute approximate surface area is 456 Å². The molecule has 7 aromatic carbocycles. The minimum Gasteiger partial charge on any atom is -0.457 e. The van der Waals surface area contributed by atoms with Crippen LogP contribution in [-0.2, 0) is 10.8 Å². The maximum Gasteiger partial charge on any atom is 0.164 e. The fourth-order valence-corrected chi connectivity index (χ4v) is 10.4. The molecule has 390 valence electrons. The third-order valence-corrected chi connectivity index (χ3v) is 14.7. The lowest BCUT2D eigenvalue weighted by atomic mass is 9.85. The molecule has 8 nitrogen and oxygen atoms in total. The Balaban J connectivity index is 1.11. The van der Waals surface area contributed by atoms with E-state index in [0.717, 1.165) is 78.8 Å². The Bertz CT molecular complexity index is 3640. The second-order valence-electron chi connectivity index (χ2n) is 23.9. The molecule has 3 heterocycles. The monoisotopic (exact) mass is 1020 g/mol. The van der Waals surface area contributed by atoms with Crippen LogP contribution in [0, 0.1) is 0 Å². The Hall–Kier alpha value is -7.97. The standard InChI is InChI=1S/C69H73N7O/c1-42(2)55-28-23-29-56(43(3)4)62(55)76-60-31-22-21-30-59(60)71-67(76)50-35-52(69(12,13)14)41-54(37-50)77-53-36-49(34-51(40-53)68(9,10)11)66-70-32-33-75(66)61-57(44(5)6)38-48(39-58(61)45(7)8)65-73-63(46-24-17-15-18-25-46)72-64(74-65)47-26-19-16-20-27-47/h15-45H,1-14H3. The quantitative estimate of drug-likeness (QED) is 0.114. The zero-order chi connectivity index (χ0) is 54.5. The van der Waals surface area contributed by atoms with Crippen molar-refractivity contribution < 1.29 is 4.74 Å². The van der Waals surface area contributed by atoms with Crippen molar-refractivity contribution in [1.29, 1.82) is 0 Å². The minimum atomic E-state index is -0.206. The first-order valence-electron chi connectivity index (χ1n) is 27.4. The SMILES string of the molecule is CC(C)c1cc(-c2nc(-c3ccccc3)nc(-c3ccccc3)n2)cc(C(C)C)c1-n1ccnc1-c1cc(Oc2cc(-c3nc4ccccc4n3-c3c(C(C)C)cccc3C(C)C)cc(C(C)(C)C)c2)cc(C(C)(C)C)c1. The molecule has 10 aromatic rings. The van der Waals surface area contributed by atoms with Crippen molar-refractivity contribution in [3.8, 4) is 79.8 Å². The summed E-state index contributed by atoms with van der Waals surface area (Å²) in [5.74, 6) is 6.01. The predicted octanol–water partition coefficient (Wildman–Crippen LogP) is 18.6. The molecule has 0 N–H and O–H groups in total. The molecule has 0 saturated carbocycles. The molecular weight excluding hydrogens is 943 g/mol. The van der Waals surface area contributed by atoms with Crippen LogP contribution in [0.2, 0.25) is 0 Å². The summed E-state index contributed by atoms with van der Waals surface area (Å²) in [5.41, 5.74) is 16.0. The highest BCUT2D eigenvalue weighted by atomic mass is 16.5. The van der Waals surface area contributed by atoms with Gasteiger partial charge in [0.1, 0.15) is 23.1 Å². The van der Waals surface area contributed by atoms with Crippen molar-refractivity contribution in [3.05, 3.63) is 197 Å². The number of hydrogen-bond acceptors (Lipinski definition) is 6. The Kier molecular flexibility index (Phi) is 14.2. The molecule has 0 amide bonds. The van der Waals surface area contributed by atoms with Gasteiger partial charge in [0.05, 0.1) is 22.4 Å². The van der Waals surface area contributed by atoms with E-state index < -0.39 is 0 Å². The van der Waals surface area contributed by atoms with Gasteiger partial charge in [0.25, 0.3) is 0 Å². The van der Waals surface area contributed by atoms with Crippen molar-refractivity contribution in [2.75, 3.05) is 0 Å². The molecule has 0 fully saturated rings. The lowest BCUT2D eigenvalue weighted by Gasteiger charge is -2.25. The van der Waals surface area contributed by atoms with E-state index in [1.54, 1.807) is 0 Å². The predicted molar refractivity (Wildman–Crippen MR) is 319 cm³/mol. The van der Waals surface area contributed by atoms with Crippen molar-refractivity contribution >= 4 is 11.0 Å². The first-order chi connectivity index (χ1) is 36.7. The van der Waals surface area contributed by atoms with Crippen LogP contribution in [0.1, 0.15) is 154 Å². The average molecular weight is 1020 g/mol. The highest BCUT2D eigenvalue weighted by molar-refractivity contribution is 5.85. The number of rotatable bonds is 13. The van der Waals surface area contributed by atoms with Gasteiger partial charge < -0.3 is 4.74 Å². The van der Waals surface area contributed by atoms with Gasteiger partial charge in [0.2, 0.25) is 0 Å². The Morgan fingerprint density at radius 1 is 0.403 bits per heavy atom. The highest BCUT2D eigenvalue weighted by Gasteiger charge is 2.27. The molecule has 0 aliphatic carbocycles. The zero-order valence-corrected chi connectivity index (χ0v) is 47.4. The number of imidazole rings is 2. The van der Waals surface area contributed by atoms with Crippen molar-refractivity contribution in [2.45, 2.75) is 131 Å². The van der Waals surface area contributed by atoms with Gasteiger partial charge in [0, 0.05) is 40.2 Å².